The maximum absolute atomic E-state index is 8.62. The van der Waals surface area contributed by atoms with Crippen LogP contribution < -0.4 is 4.90 Å². The molecular weight excluding hydrogens is 390 g/mol. The van der Waals surface area contributed by atoms with Crippen LogP contribution in [0, 0.1) is 20.1 Å². The number of ether oxygens (including phenoxy) is 2. The van der Waals surface area contributed by atoms with Crippen LogP contribution in [-0.4, -0.2) is 51.7 Å². The first-order chi connectivity index (χ1) is 14.1. The summed E-state index contributed by atoms with van der Waals surface area (Å²) in [5.74, 6) is 0. The molecule has 0 bridgehead atoms. The summed E-state index contributed by atoms with van der Waals surface area (Å²) in [7, 11) is 1.98. The van der Waals surface area contributed by atoms with E-state index in [0.29, 0.717) is 53.4 Å². The molecule has 0 saturated heterocycles. The third kappa shape index (κ3) is 6.63. The van der Waals surface area contributed by atoms with Gasteiger partial charge in [0.05, 0.1) is 51.9 Å². The molecule has 0 radical (unpaired) electrons. The van der Waals surface area contributed by atoms with Crippen molar-refractivity contribution in [3.63, 3.8) is 0 Å². The van der Waals surface area contributed by atoms with Crippen LogP contribution in [-0.2, 0) is 9.47 Å². The second-order valence-corrected chi connectivity index (χ2v) is 6.97. The van der Waals surface area contributed by atoms with E-state index in [-0.39, 0.29) is 6.61 Å². The van der Waals surface area contributed by atoms with Gasteiger partial charge in [0, 0.05) is 19.3 Å². The molecule has 0 aliphatic rings. The highest BCUT2D eigenvalue weighted by Crippen LogP contribution is 2.47. The van der Waals surface area contributed by atoms with Gasteiger partial charge in [-0.2, -0.15) is 10.2 Å². The number of benzene rings is 1. The molecule has 0 amide bonds. The molecule has 29 heavy (non-hydrogen) atoms. The fraction of sp³-hybridized carbons (Fsp3) is 0.400. The zero-order valence-electron chi connectivity index (χ0n) is 16.5. The molecule has 2 rings (SSSR count). The third-order valence-electron chi connectivity index (χ3n) is 4.01. The Balaban J connectivity index is 1.88. The molecule has 0 atom stereocenters. The number of azo groups is 1. The predicted octanol–water partition coefficient (Wildman–Crippen LogP) is 5.04. The Labute approximate surface area is 174 Å². The summed E-state index contributed by atoms with van der Waals surface area (Å²) < 4.78 is 10.6. The van der Waals surface area contributed by atoms with Gasteiger partial charge in [0.25, 0.3) is 0 Å². The summed E-state index contributed by atoms with van der Waals surface area (Å²) in [5, 5.41) is 17.9. The number of nitrogens with zero attached hydrogens (tertiary/aromatic N) is 5. The Morgan fingerprint density at radius 2 is 1.72 bits per heavy atom. The van der Waals surface area contributed by atoms with E-state index in [2.05, 4.69) is 24.8 Å². The van der Waals surface area contributed by atoms with Crippen molar-refractivity contribution in [2.75, 3.05) is 51.5 Å². The first kappa shape index (κ1) is 22.5. The second-order valence-electron chi connectivity index (χ2n) is 6.00. The fourth-order valence-electron chi connectivity index (χ4n) is 2.38. The summed E-state index contributed by atoms with van der Waals surface area (Å²) in [4.78, 5) is 8.96. The first-order valence-electron chi connectivity index (χ1n) is 8.98. The SMILES string of the molecule is [C-]#[N+]c1sc(N=Nc2ccc(N(C)CCOCCOCCO)cc2)c([N+]#[C-])c1C. The summed E-state index contributed by atoms with van der Waals surface area (Å²) in [6, 6.07) is 7.59. The van der Waals surface area contributed by atoms with E-state index in [9.17, 15) is 0 Å². The van der Waals surface area contributed by atoms with Crippen molar-refractivity contribution in [2.24, 2.45) is 10.2 Å². The second kappa shape index (κ2) is 11.9. The molecule has 0 spiro atoms. The standard InChI is InChI=1S/C20H23N5O3S/c1-15-18(21-2)20(29-19(15)22-3)24-23-16-5-7-17(8-6-16)25(4)9-11-27-13-14-28-12-10-26/h5-8,26H,9-14H2,1,4H3. The number of rotatable bonds is 11. The van der Waals surface area contributed by atoms with Gasteiger partial charge in [-0.25, -0.2) is 9.69 Å². The van der Waals surface area contributed by atoms with Crippen LogP contribution in [0.25, 0.3) is 9.69 Å². The van der Waals surface area contributed by atoms with E-state index in [1.807, 2.05) is 31.3 Å². The maximum Gasteiger partial charge on any atom is 0.234 e. The summed E-state index contributed by atoms with van der Waals surface area (Å²) in [6.07, 6.45) is 0. The molecular formula is C20H23N5O3S. The van der Waals surface area contributed by atoms with E-state index in [4.69, 9.17) is 27.7 Å². The Morgan fingerprint density at radius 3 is 2.34 bits per heavy atom. The lowest BCUT2D eigenvalue weighted by Gasteiger charge is -2.19. The Kier molecular flexibility index (Phi) is 9.22. The monoisotopic (exact) mass is 413 g/mol. The van der Waals surface area contributed by atoms with Gasteiger partial charge in [0.2, 0.25) is 10.7 Å². The van der Waals surface area contributed by atoms with Gasteiger partial charge in [-0.1, -0.05) is 6.92 Å². The summed E-state index contributed by atoms with van der Waals surface area (Å²) in [6.45, 7) is 18.8. The summed E-state index contributed by atoms with van der Waals surface area (Å²) >= 11 is 1.18. The number of thiophene rings is 1. The molecule has 1 N–H and O–H groups in total. The van der Waals surface area contributed by atoms with Crippen molar-refractivity contribution >= 4 is 38.4 Å². The number of hydrogen-bond acceptors (Lipinski definition) is 7. The van der Waals surface area contributed by atoms with Crippen LogP contribution in [0.3, 0.4) is 0 Å². The first-order valence-corrected chi connectivity index (χ1v) is 9.80. The molecule has 152 valence electrons. The van der Waals surface area contributed by atoms with Crippen LogP contribution >= 0.6 is 11.3 Å². The van der Waals surface area contributed by atoms with Crippen molar-refractivity contribution in [3.05, 3.63) is 52.7 Å². The van der Waals surface area contributed by atoms with Gasteiger partial charge >= 0.3 is 0 Å². The molecule has 0 aliphatic carbocycles. The molecule has 2 aromatic rings. The zero-order chi connectivity index (χ0) is 21.1. The molecule has 1 aromatic heterocycles. The topological polar surface area (TPSA) is 75.4 Å². The highest BCUT2D eigenvalue weighted by molar-refractivity contribution is 7.20. The van der Waals surface area contributed by atoms with Crippen LogP contribution in [0.5, 0.6) is 0 Å². The molecule has 0 aliphatic heterocycles. The average Bonchev–Trinajstić information content (AvgIpc) is 3.06. The quantitative estimate of drug-likeness (QED) is 0.318. The Bertz CT molecular complexity index is 897. The minimum absolute atomic E-state index is 0.0218. The van der Waals surface area contributed by atoms with E-state index >= 15 is 0 Å². The van der Waals surface area contributed by atoms with Crippen molar-refractivity contribution in [2.45, 2.75) is 6.92 Å². The number of anilines is 1. The fourth-order valence-corrected chi connectivity index (χ4v) is 3.23. The molecule has 0 fully saturated rings. The third-order valence-corrected chi connectivity index (χ3v) is 5.07. The number of likely N-dealkylation sites (N-methyl/N-ethyl adjacent to an activating group) is 1. The minimum Gasteiger partial charge on any atom is -0.394 e. The lowest BCUT2D eigenvalue weighted by atomic mass is 10.2. The molecule has 8 nitrogen and oxygen atoms in total. The lowest BCUT2D eigenvalue weighted by Crippen LogP contribution is -2.23. The van der Waals surface area contributed by atoms with Crippen LogP contribution in [0.15, 0.2) is 34.5 Å². The van der Waals surface area contributed by atoms with Gasteiger partial charge in [-0.05, 0) is 29.8 Å². The zero-order valence-corrected chi connectivity index (χ0v) is 17.3. The molecule has 9 heteroatoms. The Morgan fingerprint density at radius 1 is 1.03 bits per heavy atom. The number of aliphatic hydroxyl groups excluding tert-OH is 1. The summed E-state index contributed by atoms with van der Waals surface area (Å²) in [5.41, 5.74) is 2.75. The van der Waals surface area contributed by atoms with Crippen LogP contribution in [0.4, 0.5) is 27.1 Å². The van der Waals surface area contributed by atoms with E-state index in [0.717, 1.165) is 12.2 Å². The molecule has 0 saturated carbocycles. The van der Waals surface area contributed by atoms with Crippen molar-refractivity contribution in [1.82, 2.24) is 0 Å². The van der Waals surface area contributed by atoms with Gasteiger partial charge < -0.3 is 19.5 Å². The van der Waals surface area contributed by atoms with E-state index < -0.39 is 0 Å². The highest BCUT2D eigenvalue weighted by atomic mass is 32.1. The van der Waals surface area contributed by atoms with Crippen LogP contribution in [0.1, 0.15) is 5.56 Å². The molecule has 1 aromatic carbocycles. The van der Waals surface area contributed by atoms with Gasteiger partial charge in [-0.15, -0.1) is 11.3 Å². The minimum atomic E-state index is 0.0218. The molecule has 0 unspecified atom stereocenters. The predicted molar refractivity (Wildman–Crippen MR) is 114 cm³/mol. The highest BCUT2D eigenvalue weighted by Gasteiger charge is 2.14. The van der Waals surface area contributed by atoms with Crippen molar-refractivity contribution < 1.29 is 14.6 Å². The Hall–Kier alpha value is -2.82. The molecule has 1 heterocycles. The van der Waals surface area contributed by atoms with Crippen molar-refractivity contribution in [1.29, 1.82) is 0 Å². The largest absolute Gasteiger partial charge is 0.394 e. The van der Waals surface area contributed by atoms with Crippen LogP contribution in [0.2, 0.25) is 0 Å². The van der Waals surface area contributed by atoms with E-state index in [1.54, 1.807) is 6.92 Å². The average molecular weight is 414 g/mol. The number of hydrogen-bond donors (Lipinski definition) is 1. The maximum atomic E-state index is 8.62. The smallest absolute Gasteiger partial charge is 0.234 e. The normalized spacial score (nSPS) is 10.8. The van der Waals surface area contributed by atoms with Gasteiger partial charge in [0.1, 0.15) is 5.00 Å². The van der Waals surface area contributed by atoms with E-state index in [1.165, 1.54) is 11.3 Å². The van der Waals surface area contributed by atoms with Gasteiger partial charge in [0.15, 0.2) is 0 Å². The van der Waals surface area contributed by atoms with Gasteiger partial charge in [-0.3, -0.25) is 0 Å². The number of aliphatic hydroxyl groups is 1. The van der Waals surface area contributed by atoms with Crippen molar-refractivity contribution in [3.8, 4) is 0 Å². The lowest BCUT2D eigenvalue weighted by molar-refractivity contribution is 0.0353.